The second-order valence-corrected chi connectivity index (χ2v) is 4.70. The highest BCUT2D eigenvalue weighted by atomic mass is 16.2. The van der Waals surface area contributed by atoms with Gasteiger partial charge in [-0.3, -0.25) is 4.79 Å². The first-order valence-corrected chi connectivity index (χ1v) is 6.17. The van der Waals surface area contributed by atoms with Gasteiger partial charge in [0.25, 0.3) is 5.91 Å². The molecular formula is C16H15NO. The van der Waals surface area contributed by atoms with E-state index < -0.39 is 0 Å². The number of likely N-dealkylation sites (N-methyl/N-ethyl adjacent to an activating group) is 1. The largest absolute Gasteiger partial charge is 0.334 e. The number of carbonyl (C=O) groups excluding carboxylic acids is 1. The summed E-state index contributed by atoms with van der Waals surface area (Å²) in [5.41, 5.74) is 3.18. The maximum Gasteiger partial charge on any atom is 0.254 e. The smallest absolute Gasteiger partial charge is 0.254 e. The van der Waals surface area contributed by atoms with Crippen molar-refractivity contribution in [2.24, 2.45) is 0 Å². The summed E-state index contributed by atoms with van der Waals surface area (Å²) in [5, 5.41) is 0. The second-order valence-electron chi connectivity index (χ2n) is 4.70. The van der Waals surface area contributed by atoms with Crippen LogP contribution in [0.15, 0.2) is 54.6 Å². The fraction of sp³-hybridized carbons (Fsp3) is 0.188. The molecule has 0 saturated carbocycles. The molecule has 2 aromatic carbocycles. The molecule has 1 aliphatic rings. The molecular weight excluding hydrogens is 222 g/mol. The first kappa shape index (κ1) is 11.0. The Labute approximate surface area is 107 Å². The topological polar surface area (TPSA) is 20.3 Å². The van der Waals surface area contributed by atoms with E-state index in [1.165, 1.54) is 5.56 Å². The molecule has 0 radical (unpaired) electrons. The SMILES string of the molecule is CN1C(=O)c2ccccc2C[C@H]1c1ccccc1. The van der Waals surface area contributed by atoms with Crippen LogP contribution >= 0.6 is 0 Å². The zero-order valence-electron chi connectivity index (χ0n) is 10.3. The van der Waals surface area contributed by atoms with E-state index in [-0.39, 0.29) is 11.9 Å². The molecule has 1 amide bonds. The third-order valence-corrected chi connectivity index (χ3v) is 3.63. The molecule has 1 aliphatic heterocycles. The van der Waals surface area contributed by atoms with Gasteiger partial charge in [0.2, 0.25) is 0 Å². The van der Waals surface area contributed by atoms with E-state index >= 15 is 0 Å². The normalized spacial score (nSPS) is 18.6. The summed E-state index contributed by atoms with van der Waals surface area (Å²) in [6.45, 7) is 0. The molecule has 0 fully saturated rings. The van der Waals surface area contributed by atoms with Crippen LogP contribution in [0, 0.1) is 0 Å². The minimum Gasteiger partial charge on any atom is -0.334 e. The van der Waals surface area contributed by atoms with Crippen molar-refractivity contribution in [3.63, 3.8) is 0 Å². The van der Waals surface area contributed by atoms with Crippen molar-refractivity contribution in [1.82, 2.24) is 4.90 Å². The molecule has 0 spiro atoms. The van der Waals surface area contributed by atoms with E-state index in [1.54, 1.807) is 0 Å². The third kappa shape index (κ3) is 1.70. The van der Waals surface area contributed by atoms with Crippen molar-refractivity contribution in [2.75, 3.05) is 7.05 Å². The lowest BCUT2D eigenvalue weighted by Crippen LogP contribution is -2.37. The maximum absolute atomic E-state index is 12.3. The van der Waals surface area contributed by atoms with Crippen molar-refractivity contribution in [3.05, 3.63) is 71.3 Å². The van der Waals surface area contributed by atoms with E-state index in [0.29, 0.717) is 0 Å². The fourth-order valence-corrected chi connectivity index (χ4v) is 2.60. The summed E-state index contributed by atoms with van der Waals surface area (Å²) in [4.78, 5) is 14.2. The molecule has 2 aromatic rings. The minimum absolute atomic E-state index is 0.116. The lowest BCUT2D eigenvalue weighted by molar-refractivity contribution is 0.0705. The predicted molar refractivity (Wildman–Crippen MR) is 71.4 cm³/mol. The van der Waals surface area contributed by atoms with Crippen LogP contribution in [-0.2, 0) is 6.42 Å². The summed E-state index contributed by atoms with van der Waals surface area (Å²) in [7, 11) is 1.88. The van der Waals surface area contributed by atoms with Crippen LogP contribution in [0.2, 0.25) is 0 Å². The number of carbonyl (C=O) groups is 1. The van der Waals surface area contributed by atoms with Crippen LogP contribution in [0.3, 0.4) is 0 Å². The molecule has 0 N–H and O–H groups in total. The molecule has 2 heteroatoms. The molecule has 0 saturated heterocycles. The summed E-state index contributed by atoms with van der Waals surface area (Å²) in [6.07, 6.45) is 0.891. The van der Waals surface area contributed by atoms with Gasteiger partial charge in [-0.15, -0.1) is 0 Å². The summed E-state index contributed by atoms with van der Waals surface area (Å²) < 4.78 is 0. The highest BCUT2D eigenvalue weighted by Gasteiger charge is 2.29. The number of fused-ring (bicyclic) bond motifs is 1. The molecule has 0 aliphatic carbocycles. The Kier molecular flexibility index (Phi) is 2.63. The number of hydrogen-bond donors (Lipinski definition) is 0. The molecule has 1 atom stereocenters. The van der Waals surface area contributed by atoms with E-state index in [0.717, 1.165) is 17.5 Å². The van der Waals surface area contributed by atoms with Crippen LogP contribution in [0.4, 0.5) is 0 Å². The number of nitrogens with zero attached hydrogens (tertiary/aromatic N) is 1. The number of rotatable bonds is 1. The monoisotopic (exact) mass is 237 g/mol. The zero-order valence-corrected chi connectivity index (χ0v) is 10.3. The summed E-state index contributed by atoms with van der Waals surface area (Å²) in [5.74, 6) is 0.116. The molecule has 3 rings (SSSR count). The fourth-order valence-electron chi connectivity index (χ4n) is 2.60. The highest BCUT2D eigenvalue weighted by molar-refractivity contribution is 5.96. The van der Waals surface area contributed by atoms with E-state index in [2.05, 4.69) is 18.2 Å². The van der Waals surface area contributed by atoms with Gasteiger partial charge >= 0.3 is 0 Å². The number of benzene rings is 2. The Balaban J connectivity index is 2.04. The summed E-state index contributed by atoms with van der Waals surface area (Å²) in [6, 6.07) is 18.3. The standard InChI is InChI=1S/C16H15NO/c1-17-15(12-7-3-2-4-8-12)11-13-9-5-6-10-14(13)16(17)18/h2-10,15H,11H2,1H3/t15-/m0/s1. The van der Waals surface area contributed by atoms with Gasteiger partial charge in [-0.2, -0.15) is 0 Å². The molecule has 1 heterocycles. The van der Waals surface area contributed by atoms with Gasteiger partial charge in [0.1, 0.15) is 0 Å². The van der Waals surface area contributed by atoms with E-state index in [9.17, 15) is 4.79 Å². The third-order valence-electron chi connectivity index (χ3n) is 3.63. The van der Waals surface area contributed by atoms with Crippen LogP contribution < -0.4 is 0 Å². The van der Waals surface area contributed by atoms with E-state index in [4.69, 9.17) is 0 Å². The highest BCUT2D eigenvalue weighted by Crippen LogP contribution is 2.31. The van der Waals surface area contributed by atoms with E-state index in [1.807, 2.05) is 48.3 Å². The Morgan fingerprint density at radius 1 is 1.00 bits per heavy atom. The van der Waals surface area contributed by atoms with Crippen molar-refractivity contribution in [2.45, 2.75) is 12.5 Å². The van der Waals surface area contributed by atoms with Crippen molar-refractivity contribution in [1.29, 1.82) is 0 Å². The molecule has 0 bridgehead atoms. The van der Waals surface area contributed by atoms with Crippen LogP contribution in [0.5, 0.6) is 0 Å². The number of amides is 1. The van der Waals surface area contributed by atoms with Gasteiger partial charge in [-0.25, -0.2) is 0 Å². The predicted octanol–water partition coefficient (Wildman–Crippen LogP) is 3.06. The van der Waals surface area contributed by atoms with Crippen molar-refractivity contribution in [3.8, 4) is 0 Å². The van der Waals surface area contributed by atoms with Crippen LogP contribution in [0.25, 0.3) is 0 Å². The average molecular weight is 237 g/mol. The molecule has 18 heavy (non-hydrogen) atoms. The molecule has 2 nitrogen and oxygen atoms in total. The Morgan fingerprint density at radius 3 is 2.44 bits per heavy atom. The van der Waals surface area contributed by atoms with Crippen molar-refractivity contribution < 1.29 is 4.79 Å². The lowest BCUT2D eigenvalue weighted by atomic mass is 9.90. The Bertz CT molecular complexity index is 577. The lowest BCUT2D eigenvalue weighted by Gasteiger charge is -2.34. The molecule has 0 unspecified atom stereocenters. The maximum atomic E-state index is 12.3. The first-order chi connectivity index (χ1) is 8.77. The van der Waals surface area contributed by atoms with Gasteiger partial charge in [-0.1, -0.05) is 48.5 Å². The summed E-state index contributed by atoms with van der Waals surface area (Å²) >= 11 is 0. The molecule has 90 valence electrons. The number of hydrogen-bond acceptors (Lipinski definition) is 1. The van der Waals surface area contributed by atoms with Gasteiger partial charge in [0.05, 0.1) is 6.04 Å². The Hall–Kier alpha value is -2.09. The van der Waals surface area contributed by atoms with Crippen LogP contribution in [-0.4, -0.2) is 17.9 Å². The first-order valence-electron chi connectivity index (χ1n) is 6.17. The molecule has 0 aromatic heterocycles. The minimum atomic E-state index is 0.116. The second kappa shape index (κ2) is 4.30. The quantitative estimate of drug-likeness (QED) is 0.746. The average Bonchev–Trinajstić information content (AvgIpc) is 2.44. The van der Waals surface area contributed by atoms with Crippen molar-refractivity contribution >= 4 is 5.91 Å². The zero-order chi connectivity index (χ0) is 12.5. The Morgan fingerprint density at radius 2 is 1.67 bits per heavy atom. The van der Waals surface area contributed by atoms with Crippen LogP contribution in [0.1, 0.15) is 27.5 Å². The van der Waals surface area contributed by atoms with Gasteiger partial charge < -0.3 is 4.90 Å². The van der Waals surface area contributed by atoms with Gasteiger partial charge in [-0.05, 0) is 23.6 Å². The van der Waals surface area contributed by atoms with Gasteiger partial charge in [0, 0.05) is 12.6 Å². The van der Waals surface area contributed by atoms with Gasteiger partial charge in [0.15, 0.2) is 0 Å².